The zero-order chi connectivity index (χ0) is 16.8. The van der Waals surface area contributed by atoms with E-state index in [-0.39, 0.29) is 12.5 Å². The third-order valence-corrected chi connectivity index (χ3v) is 3.91. The van der Waals surface area contributed by atoms with Crippen LogP contribution in [0, 0.1) is 0 Å². The fourth-order valence-electron chi connectivity index (χ4n) is 2.76. The number of likely N-dealkylation sites (tertiary alicyclic amines) is 1. The van der Waals surface area contributed by atoms with E-state index >= 15 is 0 Å². The predicted molar refractivity (Wildman–Crippen MR) is 85.0 cm³/mol. The molecule has 1 aliphatic heterocycles. The van der Waals surface area contributed by atoms with Crippen molar-refractivity contribution < 1.29 is 24.2 Å². The van der Waals surface area contributed by atoms with Crippen molar-refractivity contribution in [3.8, 4) is 11.5 Å². The molecule has 0 spiro atoms. The second kappa shape index (κ2) is 7.82. The van der Waals surface area contributed by atoms with Gasteiger partial charge in [0.25, 0.3) is 0 Å². The first-order valence-electron chi connectivity index (χ1n) is 7.54. The highest BCUT2D eigenvalue weighted by molar-refractivity contribution is 5.93. The van der Waals surface area contributed by atoms with Crippen LogP contribution in [0.15, 0.2) is 18.2 Å². The van der Waals surface area contributed by atoms with Crippen molar-refractivity contribution in [3.63, 3.8) is 0 Å². The first-order chi connectivity index (χ1) is 11.0. The highest BCUT2D eigenvalue weighted by Gasteiger charge is 2.29. The Kier molecular flexibility index (Phi) is 5.81. The van der Waals surface area contributed by atoms with E-state index in [1.807, 2.05) is 0 Å². The molecular formula is C16H22N2O5. The van der Waals surface area contributed by atoms with Crippen molar-refractivity contribution in [2.75, 3.05) is 32.6 Å². The van der Waals surface area contributed by atoms with Gasteiger partial charge in [0.05, 0.1) is 20.8 Å². The third kappa shape index (κ3) is 4.35. The summed E-state index contributed by atoms with van der Waals surface area (Å²) in [5, 5.41) is 12.0. The van der Waals surface area contributed by atoms with E-state index in [2.05, 4.69) is 5.32 Å². The summed E-state index contributed by atoms with van der Waals surface area (Å²) >= 11 is 0. The van der Waals surface area contributed by atoms with Gasteiger partial charge in [-0.15, -0.1) is 0 Å². The van der Waals surface area contributed by atoms with Gasteiger partial charge in [-0.2, -0.15) is 0 Å². The fraction of sp³-hybridized carbons (Fsp3) is 0.500. The summed E-state index contributed by atoms with van der Waals surface area (Å²) in [6.07, 6.45) is 2.37. The van der Waals surface area contributed by atoms with Gasteiger partial charge < -0.3 is 19.9 Å². The summed E-state index contributed by atoms with van der Waals surface area (Å²) in [4.78, 5) is 25.2. The average molecular weight is 322 g/mol. The van der Waals surface area contributed by atoms with Gasteiger partial charge in [-0.3, -0.25) is 14.5 Å². The number of piperidine rings is 1. The molecule has 1 saturated heterocycles. The normalized spacial score (nSPS) is 18.3. The summed E-state index contributed by atoms with van der Waals surface area (Å²) < 4.78 is 10.3. The van der Waals surface area contributed by atoms with E-state index in [4.69, 9.17) is 9.47 Å². The molecule has 23 heavy (non-hydrogen) atoms. The molecule has 1 fully saturated rings. The molecule has 7 nitrogen and oxygen atoms in total. The van der Waals surface area contributed by atoms with Gasteiger partial charge in [0.15, 0.2) is 11.5 Å². The molecule has 1 unspecified atom stereocenters. The molecule has 1 aliphatic rings. The number of rotatable bonds is 6. The minimum Gasteiger partial charge on any atom is -0.493 e. The number of aliphatic carboxylic acids is 1. The fourth-order valence-corrected chi connectivity index (χ4v) is 2.76. The second-order valence-corrected chi connectivity index (χ2v) is 5.44. The van der Waals surface area contributed by atoms with E-state index in [0.29, 0.717) is 30.2 Å². The maximum atomic E-state index is 12.2. The molecule has 1 amide bonds. The molecule has 0 aliphatic carbocycles. The van der Waals surface area contributed by atoms with Crippen LogP contribution in [0.2, 0.25) is 0 Å². The number of carboxylic acid groups (broad SMARTS) is 1. The van der Waals surface area contributed by atoms with Gasteiger partial charge in [0.1, 0.15) is 6.04 Å². The molecule has 126 valence electrons. The number of benzene rings is 1. The highest BCUT2D eigenvalue weighted by Crippen LogP contribution is 2.29. The van der Waals surface area contributed by atoms with Crippen molar-refractivity contribution >= 4 is 17.6 Å². The minimum atomic E-state index is -0.872. The number of carbonyl (C=O) groups excluding carboxylic acids is 1. The SMILES string of the molecule is COc1ccc(NC(=O)CN2CCCCC2C(=O)O)cc1OC. The Hall–Kier alpha value is -2.28. The molecule has 2 N–H and O–H groups in total. The Morgan fingerprint density at radius 2 is 2.00 bits per heavy atom. The molecule has 1 aromatic rings. The van der Waals surface area contributed by atoms with Crippen LogP contribution in [-0.4, -0.2) is 55.2 Å². The number of carbonyl (C=O) groups is 2. The largest absolute Gasteiger partial charge is 0.493 e. The summed E-state index contributed by atoms with van der Waals surface area (Å²) in [5.74, 6) is -0.0202. The number of nitrogens with zero attached hydrogens (tertiary/aromatic N) is 1. The van der Waals surface area contributed by atoms with E-state index < -0.39 is 12.0 Å². The first kappa shape index (κ1) is 17.1. The molecular weight excluding hydrogens is 300 g/mol. The lowest BCUT2D eigenvalue weighted by atomic mass is 10.0. The van der Waals surface area contributed by atoms with Crippen LogP contribution in [0.5, 0.6) is 11.5 Å². The van der Waals surface area contributed by atoms with Crippen molar-refractivity contribution in [1.29, 1.82) is 0 Å². The number of nitrogens with one attached hydrogen (secondary N) is 1. The number of ether oxygens (including phenoxy) is 2. The lowest BCUT2D eigenvalue weighted by molar-refractivity contribution is -0.145. The molecule has 1 heterocycles. The van der Waals surface area contributed by atoms with Crippen LogP contribution >= 0.6 is 0 Å². The Bertz CT molecular complexity index is 576. The summed E-state index contributed by atoms with van der Waals surface area (Å²) in [7, 11) is 3.06. The lowest BCUT2D eigenvalue weighted by Gasteiger charge is -2.32. The predicted octanol–water partition coefficient (Wildman–Crippen LogP) is 1.58. The monoisotopic (exact) mass is 322 g/mol. The zero-order valence-corrected chi connectivity index (χ0v) is 13.4. The van der Waals surface area contributed by atoms with Crippen molar-refractivity contribution in [3.05, 3.63) is 18.2 Å². The Labute approximate surface area is 135 Å². The van der Waals surface area contributed by atoms with E-state index in [1.54, 1.807) is 30.2 Å². The minimum absolute atomic E-state index is 0.0608. The van der Waals surface area contributed by atoms with Gasteiger partial charge >= 0.3 is 5.97 Å². The molecule has 1 aromatic carbocycles. The van der Waals surface area contributed by atoms with Crippen molar-refractivity contribution in [1.82, 2.24) is 4.90 Å². The van der Waals surface area contributed by atoms with Crippen LogP contribution < -0.4 is 14.8 Å². The van der Waals surface area contributed by atoms with Crippen LogP contribution in [0.4, 0.5) is 5.69 Å². The van der Waals surface area contributed by atoms with Crippen molar-refractivity contribution in [2.45, 2.75) is 25.3 Å². The Morgan fingerprint density at radius 3 is 2.65 bits per heavy atom. The number of methoxy groups -OCH3 is 2. The van der Waals surface area contributed by atoms with Crippen LogP contribution in [0.1, 0.15) is 19.3 Å². The Balaban J connectivity index is 2.00. The Morgan fingerprint density at radius 1 is 1.26 bits per heavy atom. The lowest BCUT2D eigenvalue weighted by Crippen LogP contribution is -2.47. The first-order valence-corrected chi connectivity index (χ1v) is 7.54. The second-order valence-electron chi connectivity index (χ2n) is 5.44. The number of anilines is 1. The van der Waals surface area contributed by atoms with Crippen LogP contribution in [-0.2, 0) is 9.59 Å². The molecule has 0 aromatic heterocycles. The number of hydrogen-bond donors (Lipinski definition) is 2. The quantitative estimate of drug-likeness (QED) is 0.827. The van der Waals surface area contributed by atoms with Gasteiger partial charge in [0, 0.05) is 11.8 Å². The van der Waals surface area contributed by atoms with Crippen LogP contribution in [0.25, 0.3) is 0 Å². The van der Waals surface area contributed by atoms with Crippen LogP contribution in [0.3, 0.4) is 0 Å². The van der Waals surface area contributed by atoms with E-state index in [0.717, 1.165) is 12.8 Å². The molecule has 0 saturated carbocycles. The maximum Gasteiger partial charge on any atom is 0.320 e. The van der Waals surface area contributed by atoms with Gasteiger partial charge in [0.2, 0.25) is 5.91 Å². The standard InChI is InChI=1S/C16H22N2O5/c1-22-13-7-6-11(9-14(13)23-2)17-15(19)10-18-8-4-3-5-12(18)16(20)21/h6-7,9,12H,3-5,8,10H2,1-2H3,(H,17,19)(H,20,21). The third-order valence-electron chi connectivity index (χ3n) is 3.91. The number of carboxylic acids is 1. The molecule has 0 bridgehead atoms. The summed E-state index contributed by atoms with van der Waals surface area (Å²) in [5.41, 5.74) is 0.580. The van der Waals surface area contributed by atoms with Gasteiger partial charge in [-0.25, -0.2) is 0 Å². The smallest absolute Gasteiger partial charge is 0.320 e. The number of amides is 1. The zero-order valence-electron chi connectivity index (χ0n) is 13.4. The highest BCUT2D eigenvalue weighted by atomic mass is 16.5. The summed E-state index contributed by atoms with van der Waals surface area (Å²) in [6.45, 7) is 0.682. The molecule has 1 atom stereocenters. The van der Waals surface area contributed by atoms with Crippen molar-refractivity contribution in [2.24, 2.45) is 0 Å². The molecule has 2 rings (SSSR count). The van der Waals surface area contributed by atoms with E-state index in [9.17, 15) is 14.7 Å². The molecule has 7 heteroatoms. The van der Waals surface area contributed by atoms with Gasteiger partial charge in [-0.1, -0.05) is 6.42 Å². The summed E-state index contributed by atoms with van der Waals surface area (Å²) in [6, 6.07) is 4.50. The maximum absolute atomic E-state index is 12.2. The van der Waals surface area contributed by atoms with E-state index in [1.165, 1.54) is 7.11 Å². The topological polar surface area (TPSA) is 88.1 Å². The number of hydrogen-bond acceptors (Lipinski definition) is 5. The molecule has 0 radical (unpaired) electrons. The van der Waals surface area contributed by atoms with Gasteiger partial charge in [-0.05, 0) is 31.5 Å². The average Bonchev–Trinajstić information content (AvgIpc) is 2.54.